The fourth-order valence-corrected chi connectivity index (χ4v) is 2.72. The highest BCUT2D eigenvalue weighted by Crippen LogP contribution is 2.10. The van der Waals surface area contributed by atoms with Gasteiger partial charge in [0.25, 0.3) is 6.20 Å². The molecule has 6 nitrogen and oxygen atoms in total. The van der Waals surface area contributed by atoms with Gasteiger partial charge in [-0.15, -0.1) is 0 Å². The molecular formula is C21H26N5O+. The summed E-state index contributed by atoms with van der Waals surface area (Å²) >= 11 is 0. The number of guanidine groups is 1. The van der Waals surface area contributed by atoms with Gasteiger partial charge in [-0.2, -0.15) is 0 Å². The van der Waals surface area contributed by atoms with Gasteiger partial charge in [0, 0.05) is 27.4 Å². The van der Waals surface area contributed by atoms with E-state index < -0.39 is 0 Å². The molecule has 0 fully saturated rings. The Labute approximate surface area is 160 Å². The zero-order valence-corrected chi connectivity index (χ0v) is 16.0. The molecule has 0 aliphatic heterocycles. The molecule has 0 saturated heterocycles. The van der Waals surface area contributed by atoms with Crippen molar-refractivity contribution in [3.63, 3.8) is 0 Å². The van der Waals surface area contributed by atoms with Crippen LogP contribution in [0, 0.1) is 0 Å². The maximum Gasteiger partial charge on any atom is 0.302 e. The van der Waals surface area contributed by atoms with Crippen LogP contribution in [0.2, 0.25) is 0 Å². The van der Waals surface area contributed by atoms with E-state index in [0.29, 0.717) is 12.4 Å². The zero-order chi connectivity index (χ0) is 19.1. The third-order valence-corrected chi connectivity index (χ3v) is 4.22. The van der Waals surface area contributed by atoms with Crippen molar-refractivity contribution in [1.82, 2.24) is 10.2 Å². The molecule has 2 aromatic carbocycles. The summed E-state index contributed by atoms with van der Waals surface area (Å²) in [6.07, 6.45) is 2.76. The maximum atomic E-state index is 5.45. The topological polar surface area (TPSA) is 57.5 Å². The fourth-order valence-electron chi connectivity index (χ4n) is 2.72. The Hall–Kier alpha value is -3.15. The van der Waals surface area contributed by atoms with Crippen LogP contribution in [0.15, 0.2) is 76.4 Å². The van der Waals surface area contributed by atoms with Gasteiger partial charge in [0.15, 0.2) is 6.04 Å². The number of hydrogen-bond acceptors (Lipinski definition) is 3. The maximum absolute atomic E-state index is 5.45. The van der Waals surface area contributed by atoms with Crippen molar-refractivity contribution in [2.75, 3.05) is 19.4 Å². The molecule has 0 aliphatic carbocycles. The summed E-state index contributed by atoms with van der Waals surface area (Å²) < 4.78 is 7.28. The van der Waals surface area contributed by atoms with Crippen molar-refractivity contribution >= 4 is 11.8 Å². The second kappa shape index (κ2) is 8.98. The highest BCUT2D eigenvalue weighted by Gasteiger charge is 2.21. The van der Waals surface area contributed by atoms with E-state index in [4.69, 9.17) is 4.52 Å². The second-order valence-corrected chi connectivity index (χ2v) is 6.73. The molecule has 1 aromatic heterocycles. The van der Waals surface area contributed by atoms with E-state index in [1.54, 1.807) is 0 Å². The van der Waals surface area contributed by atoms with Crippen LogP contribution in [-0.2, 0) is 13.0 Å². The molecule has 6 heteroatoms. The van der Waals surface area contributed by atoms with Crippen LogP contribution in [0.1, 0.15) is 24.1 Å². The number of benzene rings is 2. The lowest BCUT2D eigenvalue weighted by Gasteiger charge is -2.15. The molecule has 0 radical (unpaired) electrons. The van der Waals surface area contributed by atoms with Gasteiger partial charge in [-0.3, -0.25) is 9.84 Å². The molecule has 1 unspecified atom stereocenters. The number of aromatic nitrogens is 2. The highest BCUT2D eigenvalue weighted by molar-refractivity contribution is 5.91. The average Bonchev–Trinajstić information content (AvgIpc) is 3.15. The second-order valence-electron chi connectivity index (χ2n) is 6.73. The molecule has 3 aromatic rings. The van der Waals surface area contributed by atoms with Crippen molar-refractivity contribution in [2.24, 2.45) is 4.99 Å². The van der Waals surface area contributed by atoms with Crippen molar-refractivity contribution in [3.05, 3.63) is 78.0 Å². The average molecular weight is 364 g/mol. The molecule has 0 saturated carbocycles. The Kier molecular flexibility index (Phi) is 6.20. The number of anilines is 1. The third kappa shape index (κ3) is 5.41. The molecule has 1 heterocycles. The Morgan fingerprint density at radius 1 is 1.07 bits per heavy atom. The summed E-state index contributed by atoms with van der Waals surface area (Å²) in [6, 6.07) is 20.7. The van der Waals surface area contributed by atoms with Crippen molar-refractivity contribution in [3.8, 4) is 0 Å². The quantitative estimate of drug-likeness (QED) is 0.414. The molecule has 1 atom stereocenters. The third-order valence-electron chi connectivity index (χ3n) is 4.22. The normalized spacial score (nSPS) is 12.6. The number of aliphatic imine (C=N–C) groups is 1. The number of nitrogens with one attached hydrogen (secondary N) is 1. The molecule has 140 valence electrons. The highest BCUT2D eigenvalue weighted by atomic mass is 16.5. The Balaban J connectivity index is 1.65. The van der Waals surface area contributed by atoms with Crippen molar-refractivity contribution < 1.29 is 9.20 Å². The minimum Gasteiger partial charge on any atom is -0.349 e. The first kappa shape index (κ1) is 18.6. The summed E-state index contributed by atoms with van der Waals surface area (Å²) in [5.41, 5.74) is 2.43. The van der Waals surface area contributed by atoms with E-state index in [9.17, 15) is 0 Å². The van der Waals surface area contributed by atoms with E-state index in [0.717, 1.165) is 17.9 Å². The first-order valence-corrected chi connectivity index (χ1v) is 9.06. The van der Waals surface area contributed by atoms with Crippen LogP contribution < -0.4 is 10.00 Å². The summed E-state index contributed by atoms with van der Waals surface area (Å²) in [7, 11) is 3.89. The molecule has 27 heavy (non-hydrogen) atoms. The van der Waals surface area contributed by atoms with E-state index >= 15 is 0 Å². The Morgan fingerprint density at radius 2 is 1.70 bits per heavy atom. The molecule has 0 aliphatic rings. The number of nitrogens with zero attached hydrogens (tertiary/aromatic N) is 4. The van der Waals surface area contributed by atoms with E-state index in [1.165, 1.54) is 5.56 Å². The molecule has 0 bridgehead atoms. The molecule has 0 amide bonds. The van der Waals surface area contributed by atoms with Gasteiger partial charge in [0.2, 0.25) is 11.2 Å². The van der Waals surface area contributed by atoms with Crippen LogP contribution in [0.4, 0.5) is 5.88 Å². The number of hydrogen-bond donors (Lipinski definition) is 1. The van der Waals surface area contributed by atoms with Crippen LogP contribution in [0.5, 0.6) is 0 Å². The van der Waals surface area contributed by atoms with E-state index in [1.807, 2.05) is 54.1 Å². The Bertz CT molecular complexity index is 859. The van der Waals surface area contributed by atoms with Crippen LogP contribution >= 0.6 is 0 Å². The largest absolute Gasteiger partial charge is 0.349 e. The van der Waals surface area contributed by atoms with Crippen LogP contribution in [0.25, 0.3) is 0 Å². The van der Waals surface area contributed by atoms with Gasteiger partial charge in [0.05, 0.1) is 6.54 Å². The number of rotatable bonds is 6. The molecule has 1 N–H and O–H groups in total. The van der Waals surface area contributed by atoms with Gasteiger partial charge in [-0.1, -0.05) is 60.7 Å². The standard InChI is InChI=1S/C21H26N5O/c1-17(14-18-10-6-4-7-11-18)26-16-20(27-24-26)23-21(25(2)3)22-15-19-12-8-5-9-13-19/h4-13,16-17H,14-15H2,1-3H3,(H,22,23)/q+1. The zero-order valence-electron chi connectivity index (χ0n) is 16.0. The van der Waals surface area contributed by atoms with Gasteiger partial charge in [-0.05, 0) is 15.8 Å². The van der Waals surface area contributed by atoms with E-state index in [-0.39, 0.29) is 6.04 Å². The summed E-state index contributed by atoms with van der Waals surface area (Å²) in [6.45, 7) is 2.72. The molecule has 0 spiro atoms. The summed E-state index contributed by atoms with van der Waals surface area (Å²) in [5.74, 6) is 1.29. The van der Waals surface area contributed by atoms with Crippen LogP contribution in [0.3, 0.4) is 0 Å². The van der Waals surface area contributed by atoms with Gasteiger partial charge < -0.3 is 4.90 Å². The molecule has 3 rings (SSSR count). The van der Waals surface area contributed by atoms with Gasteiger partial charge in [-0.25, -0.2) is 4.99 Å². The minimum atomic E-state index is 0.191. The van der Waals surface area contributed by atoms with Crippen molar-refractivity contribution in [1.29, 1.82) is 0 Å². The smallest absolute Gasteiger partial charge is 0.302 e. The minimum absolute atomic E-state index is 0.191. The monoisotopic (exact) mass is 364 g/mol. The first-order chi connectivity index (χ1) is 13.1. The lowest BCUT2D eigenvalue weighted by atomic mass is 10.1. The van der Waals surface area contributed by atoms with Gasteiger partial charge >= 0.3 is 5.88 Å². The summed E-state index contributed by atoms with van der Waals surface area (Å²) in [5, 5.41) is 7.36. The predicted octanol–water partition coefficient (Wildman–Crippen LogP) is 3.30. The van der Waals surface area contributed by atoms with E-state index in [2.05, 4.69) is 58.9 Å². The predicted molar refractivity (Wildman–Crippen MR) is 106 cm³/mol. The van der Waals surface area contributed by atoms with Gasteiger partial charge in [0.1, 0.15) is 0 Å². The lowest BCUT2D eigenvalue weighted by Crippen LogP contribution is -2.40. The fraction of sp³-hybridized carbons (Fsp3) is 0.286. The van der Waals surface area contributed by atoms with Crippen LogP contribution in [-0.4, -0.2) is 30.2 Å². The van der Waals surface area contributed by atoms with Crippen molar-refractivity contribution in [2.45, 2.75) is 25.9 Å². The first-order valence-electron chi connectivity index (χ1n) is 9.06. The molecular weight excluding hydrogens is 338 g/mol. The lowest BCUT2D eigenvalue weighted by molar-refractivity contribution is -0.782. The summed E-state index contributed by atoms with van der Waals surface area (Å²) in [4.78, 5) is 6.56. The Morgan fingerprint density at radius 3 is 2.33 bits per heavy atom. The SMILES string of the molecule is CC(Cc1ccccc1)[n+]1cc(NC(=NCc2ccccc2)N(C)C)on1.